The van der Waals surface area contributed by atoms with Gasteiger partial charge in [0, 0.05) is 12.5 Å². The Kier molecular flexibility index (Phi) is 1.93. The summed E-state index contributed by atoms with van der Waals surface area (Å²) in [6.07, 6.45) is 8.59. The molecule has 1 nitrogen and oxygen atoms in total. The maximum Gasteiger partial charge on any atom is 0.0240 e. The number of hydrogen-bond acceptors (Lipinski definition) is 1. The standard InChI is InChI=1S/C7H11N/c1-2-4-7-5-3-6-8-7/h1,7-8H,3-6H2. The smallest absolute Gasteiger partial charge is 0.0240 e. The molecule has 1 atom stereocenters. The molecule has 0 spiro atoms. The molecular formula is C7H11N. The van der Waals surface area contributed by atoms with Crippen LogP contribution in [0.5, 0.6) is 0 Å². The predicted octanol–water partition coefficient (Wildman–Crippen LogP) is 0.762. The van der Waals surface area contributed by atoms with Gasteiger partial charge >= 0.3 is 0 Å². The van der Waals surface area contributed by atoms with Crippen LogP contribution in [-0.4, -0.2) is 12.6 Å². The lowest BCUT2D eigenvalue weighted by molar-refractivity contribution is 0.623. The van der Waals surface area contributed by atoms with Gasteiger partial charge in [-0.15, -0.1) is 12.3 Å². The fourth-order valence-electron chi connectivity index (χ4n) is 1.07. The number of terminal acetylenes is 1. The predicted molar refractivity (Wildman–Crippen MR) is 34.5 cm³/mol. The van der Waals surface area contributed by atoms with E-state index in [-0.39, 0.29) is 0 Å². The first-order valence-electron chi connectivity index (χ1n) is 3.10. The van der Waals surface area contributed by atoms with E-state index in [1.807, 2.05) is 0 Å². The molecule has 0 aromatic heterocycles. The molecule has 1 heteroatoms. The summed E-state index contributed by atoms with van der Waals surface area (Å²) in [4.78, 5) is 0. The quantitative estimate of drug-likeness (QED) is 0.490. The average Bonchev–Trinajstić information content (AvgIpc) is 2.19. The van der Waals surface area contributed by atoms with E-state index in [0.717, 1.165) is 13.0 Å². The fourth-order valence-corrected chi connectivity index (χ4v) is 1.07. The second-order valence-corrected chi connectivity index (χ2v) is 2.20. The Morgan fingerprint density at radius 3 is 3.12 bits per heavy atom. The van der Waals surface area contributed by atoms with Crippen molar-refractivity contribution in [2.45, 2.75) is 25.3 Å². The van der Waals surface area contributed by atoms with Crippen molar-refractivity contribution in [3.05, 3.63) is 0 Å². The van der Waals surface area contributed by atoms with Crippen molar-refractivity contribution in [1.29, 1.82) is 0 Å². The van der Waals surface area contributed by atoms with E-state index < -0.39 is 0 Å². The van der Waals surface area contributed by atoms with Crippen molar-refractivity contribution >= 4 is 0 Å². The number of rotatable bonds is 1. The van der Waals surface area contributed by atoms with Gasteiger partial charge in [0.15, 0.2) is 0 Å². The van der Waals surface area contributed by atoms with Crippen LogP contribution in [0.3, 0.4) is 0 Å². The number of hydrogen-bond donors (Lipinski definition) is 1. The van der Waals surface area contributed by atoms with Crippen LogP contribution in [0.4, 0.5) is 0 Å². The molecule has 1 aliphatic rings. The molecule has 8 heavy (non-hydrogen) atoms. The van der Waals surface area contributed by atoms with Gasteiger partial charge in [0.25, 0.3) is 0 Å². The Labute approximate surface area is 50.5 Å². The van der Waals surface area contributed by atoms with Gasteiger partial charge in [0.2, 0.25) is 0 Å². The third-order valence-electron chi connectivity index (χ3n) is 1.53. The summed E-state index contributed by atoms with van der Waals surface area (Å²) in [7, 11) is 0. The van der Waals surface area contributed by atoms with Crippen molar-refractivity contribution in [3.63, 3.8) is 0 Å². The van der Waals surface area contributed by atoms with Crippen LogP contribution in [0.2, 0.25) is 0 Å². The molecule has 0 bridgehead atoms. The lowest BCUT2D eigenvalue weighted by Gasteiger charge is -2.01. The monoisotopic (exact) mass is 109 g/mol. The second kappa shape index (κ2) is 2.74. The third-order valence-corrected chi connectivity index (χ3v) is 1.53. The van der Waals surface area contributed by atoms with Gasteiger partial charge in [-0.1, -0.05) is 0 Å². The van der Waals surface area contributed by atoms with Crippen LogP contribution < -0.4 is 5.32 Å². The summed E-state index contributed by atoms with van der Waals surface area (Å²) in [6.45, 7) is 1.16. The van der Waals surface area contributed by atoms with Gasteiger partial charge in [0.05, 0.1) is 0 Å². The first-order chi connectivity index (χ1) is 3.93. The van der Waals surface area contributed by atoms with Gasteiger partial charge in [-0.05, 0) is 19.4 Å². The molecule has 1 rings (SSSR count). The normalized spacial score (nSPS) is 27.6. The maximum atomic E-state index is 5.12. The second-order valence-electron chi connectivity index (χ2n) is 2.20. The summed E-state index contributed by atoms with van der Waals surface area (Å²) in [5.74, 6) is 2.65. The van der Waals surface area contributed by atoms with Crippen molar-refractivity contribution in [1.82, 2.24) is 5.32 Å². The summed E-state index contributed by atoms with van der Waals surface area (Å²) in [5, 5.41) is 3.32. The van der Waals surface area contributed by atoms with Gasteiger partial charge < -0.3 is 5.32 Å². The molecule has 1 fully saturated rings. The van der Waals surface area contributed by atoms with Crippen LogP contribution in [0, 0.1) is 12.3 Å². The molecule has 1 unspecified atom stereocenters. The van der Waals surface area contributed by atoms with E-state index in [9.17, 15) is 0 Å². The van der Waals surface area contributed by atoms with Crippen LogP contribution in [0.1, 0.15) is 19.3 Å². The Balaban J connectivity index is 2.17. The van der Waals surface area contributed by atoms with Gasteiger partial charge in [-0.25, -0.2) is 0 Å². The summed E-state index contributed by atoms with van der Waals surface area (Å²) in [5.41, 5.74) is 0. The average molecular weight is 109 g/mol. The Hall–Kier alpha value is -0.480. The molecule has 1 heterocycles. The van der Waals surface area contributed by atoms with Crippen molar-refractivity contribution in [2.24, 2.45) is 0 Å². The van der Waals surface area contributed by atoms with Crippen molar-refractivity contribution < 1.29 is 0 Å². The highest BCUT2D eigenvalue weighted by molar-refractivity contribution is 4.91. The third kappa shape index (κ3) is 1.24. The first kappa shape index (κ1) is 5.65. The Morgan fingerprint density at radius 2 is 2.62 bits per heavy atom. The minimum Gasteiger partial charge on any atom is -0.313 e. The minimum absolute atomic E-state index is 0.625. The van der Waals surface area contributed by atoms with E-state index in [2.05, 4.69) is 11.2 Å². The van der Waals surface area contributed by atoms with Crippen LogP contribution >= 0.6 is 0 Å². The molecular weight excluding hydrogens is 98.1 g/mol. The van der Waals surface area contributed by atoms with Crippen LogP contribution in [0.25, 0.3) is 0 Å². The van der Waals surface area contributed by atoms with E-state index in [1.165, 1.54) is 12.8 Å². The Bertz CT molecular complexity index is 95.4. The zero-order chi connectivity index (χ0) is 5.82. The molecule has 0 radical (unpaired) electrons. The zero-order valence-electron chi connectivity index (χ0n) is 4.98. The molecule has 0 amide bonds. The topological polar surface area (TPSA) is 12.0 Å². The summed E-state index contributed by atoms with van der Waals surface area (Å²) < 4.78 is 0. The molecule has 0 saturated carbocycles. The van der Waals surface area contributed by atoms with E-state index >= 15 is 0 Å². The van der Waals surface area contributed by atoms with Crippen molar-refractivity contribution in [3.8, 4) is 12.3 Å². The van der Waals surface area contributed by atoms with Crippen LogP contribution in [0.15, 0.2) is 0 Å². The van der Waals surface area contributed by atoms with Crippen LogP contribution in [-0.2, 0) is 0 Å². The molecule has 0 aliphatic carbocycles. The first-order valence-corrected chi connectivity index (χ1v) is 3.10. The van der Waals surface area contributed by atoms with E-state index in [0.29, 0.717) is 6.04 Å². The Morgan fingerprint density at radius 1 is 1.75 bits per heavy atom. The summed E-state index contributed by atoms with van der Waals surface area (Å²) in [6, 6.07) is 0.625. The highest BCUT2D eigenvalue weighted by atomic mass is 14.9. The van der Waals surface area contributed by atoms with Gasteiger partial charge in [-0.3, -0.25) is 0 Å². The highest BCUT2D eigenvalue weighted by Gasteiger charge is 2.10. The SMILES string of the molecule is C#CCC1CCCN1. The summed E-state index contributed by atoms with van der Waals surface area (Å²) >= 11 is 0. The van der Waals surface area contributed by atoms with Gasteiger partial charge in [-0.2, -0.15) is 0 Å². The minimum atomic E-state index is 0.625. The molecule has 0 aromatic rings. The molecule has 1 saturated heterocycles. The highest BCUT2D eigenvalue weighted by Crippen LogP contribution is 2.06. The fraction of sp³-hybridized carbons (Fsp3) is 0.714. The maximum absolute atomic E-state index is 5.12. The van der Waals surface area contributed by atoms with E-state index in [1.54, 1.807) is 0 Å². The molecule has 1 aliphatic heterocycles. The number of nitrogens with one attached hydrogen (secondary N) is 1. The van der Waals surface area contributed by atoms with Crippen molar-refractivity contribution in [2.75, 3.05) is 6.54 Å². The molecule has 0 aromatic carbocycles. The van der Waals surface area contributed by atoms with Gasteiger partial charge in [0.1, 0.15) is 0 Å². The lowest BCUT2D eigenvalue weighted by Crippen LogP contribution is -2.19. The molecule has 44 valence electrons. The van der Waals surface area contributed by atoms with E-state index in [4.69, 9.17) is 6.42 Å². The molecule has 1 N–H and O–H groups in total. The zero-order valence-corrected chi connectivity index (χ0v) is 4.98. The lowest BCUT2D eigenvalue weighted by atomic mass is 10.2. The largest absolute Gasteiger partial charge is 0.313 e.